The molecule has 0 bridgehead atoms. The first kappa shape index (κ1) is 17.3. The van der Waals surface area contributed by atoms with E-state index in [0.29, 0.717) is 12.5 Å². The van der Waals surface area contributed by atoms with Crippen molar-refractivity contribution in [3.05, 3.63) is 54.0 Å². The average molecular weight is 342 g/mol. The molecule has 6 nitrogen and oxygen atoms in total. The Morgan fingerprint density at radius 1 is 1.24 bits per heavy atom. The lowest BCUT2D eigenvalue weighted by atomic mass is 10.0. The number of halogens is 1. The lowest BCUT2D eigenvalue weighted by molar-refractivity contribution is 0.401. The number of H-pyrrole nitrogens is 1. The van der Waals surface area contributed by atoms with Gasteiger partial charge >= 0.3 is 0 Å². The molecule has 0 aliphatic rings. The van der Waals surface area contributed by atoms with Crippen molar-refractivity contribution < 1.29 is 4.39 Å². The van der Waals surface area contributed by atoms with Gasteiger partial charge in [-0.2, -0.15) is 10.2 Å². The van der Waals surface area contributed by atoms with E-state index in [-0.39, 0.29) is 11.9 Å². The van der Waals surface area contributed by atoms with Crippen molar-refractivity contribution in [3.63, 3.8) is 0 Å². The highest BCUT2D eigenvalue weighted by Crippen LogP contribution is 2.24. The van der Waals surface area contributed by atoms with Crippen LogP contribution in [0.2, 0.25) is 0 Å². The predicted molar refractivity (Wildman–Crippen MR) is 94.0 cm³/mol. The molecule has 1 aromatic carbocycles. The second-order valence-electron chi connectivity index (χ2n) is 6.58. The minimum absolute atomic E-state index is 0.100. The number of nitrogens with one attached hydrogen (secondary N) is 2. The Morgan fingerprint density at radius 2 is 2.00 bits per heavy atom. The molecule has 132 valence electrons. The number of aryl methyl sites for hydroxylation is 1. The summed E-state index contributed by atoms with van der Waals surface area (Å²) in [6.07, 6.45) is 4.33. The monoisotopic (exact) mass is 342 g/mol. The second-order valence-corrected chi connectivity index (χ2v) is 6.58. The minimum Gasteiger partial charge on any atom is -0.303 e. The summed E-state index contributed by atoms with van der Waals surface area (Å²) in [4.78, 5) is 4.38. The summed E-state index contributed by atoms with van der Waals surface area (Å²) in [6, 6.07) is 6.51. The Kier molecular flexibility index (Phi) is 5.23. The molecule has 25 heavy (non-hydrogen) atoms. The van der Waals surface area contributed by atoms with Crippen LogP contribution in [0.3, 0.4) is 0 Å². The third-order valence-corrected chi connectivity index (χ3v) is 4.15. The van der Waals surface area contributed by atoms with E-state index >= 15 is 0 Å². The Hall–Kier alpha value is -2.54. The van der Waals surface area contributed by atoms with Crippen LogP contribution in [0.25, 0.3) is 11.3 Å². The smallest absolute Gasteiger partial charge is 0.143 e. The Morgan fingerprint density at radius 3 is 2.64 bits per heavy atom. The third-order valence-electron chi connectivity index (χ3n) is 4.15. The van der Waals surface area contributed by atoms with E-state index in [9.17, 15) is 4.39 Å². The maximum atomic E-state index is 13.1. The van der Waals surface area contributed by atoms with E-state index in [1.165, 1.54) is 12.1 Å². The third kappa shape index (κ3) is 4.11. The molecule has 0 unspecified atom stereocenters. The van der Waals surface area contributed by atoms with Crippen molar-refractivity contribution in [2.24, 2.45) is 13.0 Å². The standard InChI is InChI=1S/C18H23FN6/c1-12(2)8-16(18-21-11-23-25(18)3)20-9-14-10-22-24-17(14)13-4-6-15(19)7-5-13/h4-7,10-12,16,20H,8-9H2,1-3H3,(H,22,24)/t16-/m0/s1. The van der Waals surface area contributed by atoms with Gasteiger partial charge in [-0.25, -0.2) is 9.37 Å². The molecule has 2 heterocycles. The van der Waals surface area contributed by atoms with Gasteiger partial charge in [-0.05, 0) is 36.6 Å². The molecular formula is C18H23FN6. The molecule has 0 saturated heterocycles. The van der Waals surface area contributed by atoms with Crippen LogP contribution >= 0.6 is 0 Å². The molecule has 7 heteroatoms. The molecule has 0 aliphatic heterocycles. The molecule has 3 aromatic rings. The van der Waals surface area contributed by atoms with E-state index in [1.807, 2.05) is 7.05 Å². The average Bonchev–Trinajstić information content (AvgIpc) is 3.21. The molecule has 0 saturated carbocycles. The second kappa shape index (κ2) is 7.57. The largest absolute Gasteiger partial charge is 0.303 e. The first-order chi connectivity index (χ1) is 12.0. The molecule has 0 radical (unpaired) electrons. The zero-order chi connectivity index (χ0) is 17.8. The summed E-state index contributed by atoms with van der Waals surface area (Å²) in [5.41, 5.74) is 2.84. The van der Waals surface area contributed by atoms with Crippen LogP contribution in [-0.4, -0.2) is 25.0 Å². The fourth-order valence-corrected chi connectivity index (χ4v) is 2.92. The quantitative estimate of drug-likeness (QED) is 0.691. The molecular weight excluding hydrogens is 319 g/mol. The number of rotatable bonds is 7. The molecule has 0 aliphatic carbocycles. The summed E-state index contributed by atoms with van der Waals surface area (Å²) >= 11 is 0. The zero-order valence-corrected chi connectivity index (χ0v) is 14.7. The van der Waals surface area contributed by atoms with E-state index in [1.54, 1.807) is 29.3 Å². The number of hydrogen-bond acceptors (Lipinski definition) is 4. The van der Waals surface area contributed by atoms with E-state index in [2.05, 4.69) is 39.4 Å². The molecule has 1 atom stereocenters. The topological polar surface area (TPSA) is 71.4 Å². The van der Waals surface area contributed by atoms with Crippen molar-refractivity contribution >= 4 is 0 Å². The van der Waals surface area contributed by atoms with Gasteiger partial charge in [0.15, 0.2) is 0 Å². The van der Waals surface area contributed by atoms with Gasteiger partial charge in [0, 0.05) is 24.7 Å². The number of nitrogens with zero attached hydrogens (tertiary/aromatic N) is 4. The summed E-state index contributed by atoms with van der Waals surface area (Å²) in [6.45, 7) is 5.01. The number of aromatic amines is 1. The van der Waals surface area contributed by atoms with Gasteiger partial charge in [0.05, 0.1) is 17.9 Å². The van der Waals surface area contributed by atoms with Crippen LogP contribution in [0.5, 0.6) is 0 Å². The fraction of sp³-hybridized carbons (Fsp3) is 0.389. The lowest BCUT2D eigenvalue weighted by Gasteiger charge is -2.20. The van der Waals surface area contributed by atoms with Crippen molar-refractivity contribution in [1.82, 2.24) is 30.3 Å². The fourth-order valence-electron chi connectivity index (χ4n) is 2.92. The first-order valence-corrected chi connectivity index (χ1v) is 8.40. The summed E-state index contributed by atoms with van der Waals surface area (Å²) in [5, 5.41) is 14.9. The molecule has 3 rings (SSSR count). The Bertz CT molecular complexity index is 805. The van der Waals surface area contributed by atoms with Gasteiger partial charge in [-0.1, -0.05) is 13.8 Å². The van der Waals surface area contributed by atoms with Gasteiger partial charge in [-0.3, -0.25) is 9.78 Å². The predicted octanol–water partition coefficient (Wildman–Crippen LogP) is 3.22. The van der Waals surface area contributed by atoms with Crippen LogP contribution in [0.4, 0.5) is 4.39 Å². The zero-order valence-electron chi connectivity index (χ0n) is 14.7. The van der Waals surface area contributed by atoms with Gasteiger partial charge in [-0.15, -0.1) is 0 Å². The van der Waals surface area contributed by atoms with Crippen LogP contribution in [0, 0.1) is 11.7 Å². The molecule has 2 aromatic heterocycles. The van der Waals surface area contributed by atoms with Crippen molar-refractivity contribution in [2.75, 3.05) is 0 Å². The summed E-state index contributed by atoms with van der Waals surface area (Å²) in [5.74, 6) is 1.19. The molecule has 0 amide bonds. The highest BCUT2D eigenvalue weighted by molar-refractivity contribution is 5.62. The van der Waals surface area contributed by atoms with Gasteiger partial charge in [0.25, 0.3) is 0 Å². The Balaban J connectivity index is 1.77. The van der Waals surface area contributed by atoms with Crippen LogP contribution < -0.4 is 5.32 Å². The van der Waals surface area contributed by atoms with Crippen LogP contribution in [0.15, 0.2) is 36.8 Å². The SMILES string of the molecule is CC(C)C[C@H](NCc1cn[nH]c1-c1ccc(F)cc1)c1ncnn1C. The van der Waals surface area contributed by atoms with Crippen molar-refractivity contribution in [3.8, 4) is 11.3 Å². The van der Waals surface area contributed by atoms with Crippen molar-refractivity contribution in [1.29, 1.82) is 0 Å². The Labute approximate surface area is 146 Å². The molecule has 0 spiro atoms. The summed E-state index contributed by atoms with van der Waals surface area (Å²) < 4.78 is 14.9. The van der Waals surface area contributed by atoms with E-state index in [0.717, 1.165) is 29.1 Å². The highest BCUT2D eigenvalue weighted by Gasteiger charge is 2.19. The first-order valence-electron chi connectivity index (χ1n) is 8.40. The maximum Gasteiger partial charge on any atom is 0.143 e. The van der Waals surface area contributed by atoms with E-state index in [4.69, 9.17) is 0 Å². The molecule has 0 fully saturated rings. The number of aromatic nitrogens is 5. The molecule has 2 N–H and O–H groups in total. The maximum absolute atomic E-state index is 13.1. The minimum atomic E-state index is -0.248. The number of benzene rings is 1. The van der Waals surface area contributed by atoms with Crippen LogP contribution in [0.1, 0.15) is 37.7 Å². The van der Waals surface area contributed by atoms with Crippen LogP contribution in [-0.2, 0) is 13.6 Å². The van der Waals surface area contributed by atoms with Crippen molar-refractivity contribution in [2.45, 2.75) is 32.9 Å². The summed E-state index contributed by atoms with van der Waals surface area (Å²) in [7, 11) is 1.90. The lowest BCUT2D eigenvalue weighted by Crippen LogP contribution is -2.25. The van der Waals surface area contributed by atoms with E-state index < -0.39 is 0 Å². The highest BCUT2D eigenvalue weighted by atomic mass is 19.1. The van der Waals surface area contributed by atoms with Gasteiger partial charge < -0.3 is 5.32 Å². The normalized spacial score (nSPS) is 12.7. The van der Waals surface area contributed by atoms with Gasteiger partial charge in [0.1, 0.15) is 18.0 Å². The number of hydrogen-bond donors (Lipinski definition) is 2. The van der Waals surface area contributed by atoms with Gasteiger partial charge in [0.2, 0.25) is 0 Å².